The molecule has 5 nitrogen and oxygen atoms in total. The van der Waals surface area contributed by atoms with E-state index in [0.717, 1.165) is 44.1 Å². The Balaban J connectivity index is 1.82. The lowest BCUT2D eigenvalue weighted by Crippen LogP contribution is -2.31. The van der Waals surface area contributed by atoms with Crippen molar-refractivity contribution in [1.29, 1.82) is 0 Å². The van der Waals surface area contributed by atoms with E-state index < -0.39 is 0 Å². The lowest BCUT2D eigenvalue weighted by molar-refractivity contribution is 0.220. The summed E-state index contributed by atoms with van der Waals surface area (Å²) in [5, 5.41) is 0. The molecule has 3 rings (SSSR count). The maximum absolute atomic E-state index is 5.99. The first kappa shape index (κ1) is 19.6. The van der Waals surface area contributed by atoms with Crippen molar-refractivity contribution < 1.29 is 9.47 Å². The van der Waals surface area contributed by atoms with Gasteiger partial charge in [-0.25, -0.2) is 0 Å². The third-order valence-corrected chi connectivity index (χ3v) is 4.77. The Bertz CT molecular complexity index is 734. The third kappa shape index (κ3) is 5.44. The van der Waals surface area contributed by atoms with Gasteiger partial charge in [-0.05, 0) is 51.7 Å². The summed E-state index contributed by atoms with van der Waals surface area (Å²) >= 11 is 0. The van der Waals surface area contributed by atoms with Gasteiger partial charge in [0.2, 0.25) is 0 Å². The van der Waals surface area contributed by atoms with Crippen LogP contribution in [0.1, 0.15) is 30.5 Å². The standard InChI is InChI=1S/C22H31N3O2/c1-5-26-21-12-19-11-17(2)27-22(19)13-20(21)16-25(10-9-24(3)4)15-18-7-6-8-23-14-18/h6-8,12-14,17H,5,9-11,15-16H2,1-4H3/t17-/m1/s1. The van der Waals surface area contributed by atoms with Crippen molar-refractivity contribution in [2.45, 2.75) is 39.5 Å². The van der Waals surface area contributed by atoms with Crippen LogP contribution in [0.3, 0.4) is 0 Å². The summed E-state index contributed by atoms with van der Waals surface area (Å²) in [6.45, 7) is 8.49. The van der Waals surface area contributed by atoms with Crippen molar-refractivity contribution in [2.24, 2.45) is 0 Å². The predicted octanol–water partition coefficient (Wildman–Crippen LogP) is 3.37. The van der Waals surface area contributed by atoms with E-state index in [-0.39, 0.29) is 6.10 Å². The molecule has 27 heavy (non-hydrogen) atoms. The first-order valence-electron chi connectivity index (χ1n) is 9.76. The fourth-order valence-electron chi connectivity index (χ4n) is 3.44. The Morgan fingerprint density at radius 1 is 1.22 bits per heavy atom. The number of aromatic nitrogens is 1. The second-order valence-electron chi connectivity index (χ2n) is 7.51. The van der Waals surface area contributed by atoms with Gasteiger partial charge >= 0.3 is 0 Å². The molecule has 5 heteroatoms. The van der Waals surface area contributed by atoms with Crippen molar-refractivity contribution in [3.8, 4) is 11.5 Å². The van der Waals surface area contributed by atoms with Gasteiger partial charge < -0.3 is 14.4 Å². The number of ether oxygens (including phenoxy) is 2. The molecule has 1 aromatic heterocycles. The largest absolute Gasteiger partial charge is 0.494 e. The predicted molar refractivity (Wildman–Crippen MR) is 108 cm³/mol. The van der Waals surface area contributed by atoms with E-state index >= 15 is 0 Å². The lowest BCUT2D eigenvalue weighted by atomic mass is 10.1. The zero-order chi connectivity index (χ0) is 19.2. The summed E-state index contributed by atoms with van der Waals surface area (Å²) in [6.07, 6.45) is 4.96. The van der Waals surface area contributed by atoms with Gasteiger partial charge in [-0.1, -0.05) is 6.07 Å². The van der Waals surface area contributed by atoms with Gasteiger partial charge in [0.15, 0.2) is 0 Å². The number of nitrogens with zero attached hydrogens (tertiary/aromatic N) is 3. The van der Waals surface area contributed by atoms with Gasteiger partial charge in [0.05, 0.1) is 6.61 Å². The molecule has 0 amide bonds. The summed E-state index contributed by atoms with van der Waals surface area (Å²) < 4.78 is 12.0. The van der Waals surface area contributed by atoms with E-state index in [1.165, 1.54) is 16.7 Å². The van der Waals surface area contributed by atoms with E-state index in [9.17, 15) is 0 Å². The van der Waals surface area contributed by atoms with Crippen molar-refractivity contribution in [2.75, 3.05) is 33.8 Å². The van der Waals surface area contributed by atoms with E-state index in [4.69, 9.17) is 9.47 Å². The smallest absolute Gasteiger partial charge is 0.124 e. The highest BCUT2D eigenvalue weighted by Crippen LogP contribution is 2.35. The highest BCUT2D eigenvalue weighted by Gasteiger charge is 2.22. The maximum atomic E-state index is 5.99. The lowest BCUT2D eigenvalue weighted by Gasteiger charge is -2.25. The number of hydrogen-bond acceptors (Lipinski definition) is 5. The highest BCUT2D eigenvalue weighted by atomic mass is 16.5. The molecule has 1 atom stereocenters. The van der Waals surface area contributed by atoms with E-state index in [1.54, 1.807) is 0 Å². The van der Waals surface area contributed by atoms with Crippen LogP contribution < -0.4 is 9.47 Å². The molecule has 0 spiro atoms. The summed E-state index contributed by atoms with van der Waals surface area (Å²) in [4.78, 5) is 8.92. The van der Waals surface area contributed by atoms with E-state index in [1.807, 2.05) is 25.4 Å². The van der Waals surface area contributed by atoms with Crippen LogP contribution in [-0.4, -0.2) is 54.7 Å². The number of benzene rings is 1. The molecule has 0 fully saturated rings. The SMILES string of the molecule is CCOc1cc2c(cc1CN(CCN(C)C)Cc1cccnc1)O[C@H](C)C2. The van der Waals surface area contributed by atoms with Gasteiger partial charge in [-0.3, -0.25) is 9.88 Å². The molecule has 1 aliphatic rings. The zero-order valence-electron chi connectivity index (χ0n) is 16.9. The Morgan fingerprint density at radius 3 is 2.78 bits per heavy atom. The minimum absolute atomic E-state index is 0.241. The number of fused-ring (bicyclic) bond motifs is 1. The molecule has 1 aromatic carbocycles. The Kier molecular flexibility index (Phi) is 6.69. The van der Waals surface area contributed by atoms with E-state index in [0.29, 0.717) is 6.61 Å². The molecule has 1 aliphatic heterocycles. The fraction of sp³-hybridized carbons (Fsp3) is 0.500. The first-order chi connectivity index (χ1) is 13.0. The third-order valence-electron chi connectivity index (χ3n) is 4.77. The number of pyridine rings is 1. The molecular weight excluding hydrogens is 338 g/mol. The quantitative estimate of drug-likeness (QED) is 0.678. The zero-order valence-corrected chi connectivity index (χ0v) is 16.9. The van der Waals surface area contributed by atoms with Gasteiger partial charge in [0.1, 0.15) is 17.6 Å². The van der Waals surface area contributed by atoms with Gasteiger partial charge in [0, 0.05) is 56.1 Å². The fourth-order valence-corrected chi connectivity index (χ4v) is 3.44. The van der Waals surface area contributed by atoms with Crippen LogP contribution in [0.4, 0.5) is 0 Å². The first-order valence-corrected chi connectivity index (χ1v) is 9.76. The van der Waals surface area contributed by atoms with Crippen LogP contribution >= 0.6 is 0 Å². The average molecular weight is 370 g/mol. The number of likely N-dealkylation sites (N-methyl/N-ethyl adjacent to an activating group) is 1. The molecule has 0 unspecified atom stereocenters. The summed E-state index contributed by atoms with van der Waals surface area (Å²) in [5.41, 5.74) is 3.66. The summed E-state index contributed by atoms with van der Waals surface area (Å²) in [7, 11) is 4.22. The van der Waals surface area contributed by atoms with E-state index in [2.05, 4.69) is 54.0 Å². The number of hydrogen-bond donors (Lipinski definition) is 0. The highest BCUT2D eigenvalue weighted by molar-refractivity contribution is 5.48. The van der Waals surface area contributed by atoms with Crippen LogP contribution in [0, 0.1) is 0 Å². The van der Waals surface area contributed by atoms with Crippen molar-refractivity contribution in [1.82, 2.24) is 14.8 Å². The second-order valence-corrected chi connectivity index (χ2v) is 7.51. The minimum atomic E-state index is 0.241. The Labute approximate surface area is 162 Å². The normalized spacial score (nSPS) is 15.9. The molecule has 0 radical (unpaired) electrons. The summed E-state index contributed by atoms with van der Waals surface area (Å²) in [5.74, 6) is 1.99. The summed E-state index contributed by atoms with van der Waals surface area (Å²) in [6, 6.07) is 8.48. The van der Waals surface area contributed by atoms with Crippen LogP contribution in [0.15, 0.2) is 36.7 Å². The Hall–Kier alpha value is -2.11. The monoisotopic (exact) mass is 369 g/mol. The van der Waals surface area contributed by atoms with Gasteiger partial charge in [0.25, 0.3) is 0 Å². The molecule has 2 aromatic rings. The van der Waals surface area contributed by atoms with Gasteiger partial charge in [-0.2, -0.15) is 0 Å². The molecule has 146 valence electrons. The van der Waals surface area contributed by atoms with Crippen LogP contribution in [0.2, 0.25) is 0 Å². The molecular formula is C22H31N3O2. The molecule has 2 heterocycles. The van der Waals surface area contributed by atoms with Crippen molar-refractivity contribution >= 4 is 0 Å². The van der Waals surface area contributed by atoms with Crippen LogP contribution in [-0.2, 0) is 19.5 Å². The second kappa shape index (κ2) is 9.20. The van der Waals surface area contributed by atoms with Crippen molar-refractivity contribution in [3.63, 3.8) is 0 Å². The topological polar surface area (TPSA) is 37.8 Å². The average Bonchev–Trinajstić information content (AvgIpc) is 3.00. The Morgan fingerprint density at radius 2 is 2.07 bits per heavy atom. The molecule has 0 saturated heterocycles. The molecule has 0 N–H and O–H groups in total. The maximum Gasteiger partial charge on any atom is 0.124 e. The minimum Gasteiger partial charge on any atom is -0.494 e. The van der Waals surface area contributed by atoms with Crippen molar-refractivity contribution in [3.05, 3.63) is 53.3 Å². The van der Waals surface area contributed by atoms with Gasteiger partial charge in [-0.15, -0.1) is 0 Å². The van der Waals surface area contributed by atoms with Crippen LogP contribution in [0.5, 0.6) is 11.5 Å². The number of rotatable bonds is 9. The molecule has 0 saturated carbocycles. The van der Waals surface area contributed by atoms with Crippen LogP contribution in [0.25, 0.3) is 0 Å². The molecule has 0 aliphatic carbocycles. The molecule has 0 bridgehead atoms.